The molecule has 0 radical (unpaired) electrons. The quantitative estimate of drug-likeness (QED) is 0.437. The van der Waals surface area contributed by atoms with E-state index in [-0.39, 0.29) is 12.5 Å². The molecule has 4 aromatic rings. The number of thiazole rings is 1. The molecule has 1 aliphatic carbocycles. The van der Waals surface area contributed by atoms with Gasteiger partial charge in [-0.15, -0.1) is 11.3 Å². The number of carbonyl (C=O) groups is 3. The number of fused-ring (bicyclic) bond motifs is 3. The van der Waals surface area contributed by atoms with Crippen molar-refractivity contribution < 1.29 is 14.4 Å². The van der Waals surface area contributed by atoms with Crippen LogP contribution in [0, 0.1) is 0 Å². The second kappa shape index (κ2) is 7.78. The molecule has 1 aliphatic heterocycles. The van der Waals surface area contributed by atoms with Crippen molar-refractivity contribution >= 4 is 45.1 Å². The number of nitrogens with one attached hydrogen (secondary N) is 2. The summed E-state index contributed by atoms with van der Waals surface area (Å²) < 4.78 is 1.12. The van der Waals surface area contributed by atoms with E-state index in [9.17, 15) is 14.4 Å². The molecule has 1 aromatic heterocycles. The number of benzene rings is 3. The van der Waals surface area contributed by atoms with Crippen LogP contribution >= 0.6 is 11.3 Å². The normalized spacial score (nSPS) is 19.0. The fourth-order valence-electron chi connectivity index (χ4n) is 4.77. The van der Waals surface area contributed by atoms with E-state index in [1.807, 2.05) is 60.7 Å². The topological polar surface area (TPSA) is 91.4 Å². The van der Waals surface area contributed by atoms with Crippen LogP contribution in [0.15, 0.2) is 72.8 Å². The van der Waals surface area contributed by atoms with Gasteiger partial charge in [0.15, 0.2) is 0 Å². The molecule has 7 nitrogen and oxygen atoms in total. The number of carbonyl (C=O) groups excluding carboxylic acids is 3. The van der Waals surface area contributed by atoms with Gasteiger partial charge >= 0.3 is 6.03 Å². The van der Waals surface area contributed by atoms with Crippen LogP contribution in [0.25, 0.3) is 20.8 Å². The number of urea groups is 1. The number of amides is 4. The summed E-state index contributed by atoms with van der Waals surface area (Å²) in [5, 5.41) is 6.53. The van der Waals surface area contributed by atoms with Crippen molar-refractivity contribution in [2.45, 2.75) is 18.4 Å². The van der Waals surface area contributed by atoms with Gasteiger partial charge in [-0.25, -0.2) is 9.78 Å². The number of nitrogens with zero attached hydrogens (tertiary/aromatic N) is 2. The summed E-state index contributed by atoms with van der Waals surface area (Å²) in [6.45, 7) is -0.339. The van der Waals surface area contributed by atoms with Gasteiger partial charge < -0.3 is 10.6 Å². The lowest BCUT2D eigenvalue weighted by Gasteiger charge is -2.22. The molecule has 1 atom stereocenters. The molecule has 2 N–H and O–H groups in total. The molecule has 4 amide bonds. The summed E-state index contributed by atoms with van der Waals surface area (Å²) in [7, 11) is 0. The van der Waals surface area contributed by atoms with Crippen LogP contribution in [0.3, 0.4) is 0 Å². The Morgan fingerprint density at radius 2 is 1.79 bits per heavy atom. The molecule has 1 spiro atoms. The third-order valence-electron chi connectivity index (χ3n) is 6.43. The minimum atomic E-state index is -1.06. The van der Waals surface area contributed by atoms with Crippen molar-refractivity contribution in [2.75, 3.05) is 11.9 Å². The fourth-order valence-corrected chi connectivity index (χ4v) is 5.74. The van der Waals surface area contributed by atoms with Crippen molar-refractivity contribution in [1.82, 2.24) is 15.2 Å². The van der Waals surface area contributed by atoms with Gasteiger partial charge in [0.05, 0.1) is 10.2 Å². The molecule has 1 saturated heterocycles. The molecule has 1 fully saturated rings. The molecule has 6 rings (SSSR count). The first kappa shape index (κ1) is 20.6. The molecular weight excluding hydrogens is 448 g/mol. The Labute approximate surface area is 199 Å². The van der Waals surface area contributed by atoms with Crippen LogP contribution in [-0.4, -0.2) is 34.3 Å². The average molecular weight is 469 g/mol. The van der Waals surface area contributed by atoms with E-state index in [0.29, 0.717) is 18.5 Å². The van der Waals surface area contributed by atoms with Crippen LogP contribution in [0.2, 0.25) is 0 Å². The monoisotopic (exact) mass is 468 g/mol. The summed E-state index contributed by atoms with van der Waals surface area (Å²) >= 11 is 1.61. The average Bonchev–Trinajstić information content (AvgIpc) is 3.51. The molecule has 1 unspecified atom stereocenters. The molecule has 8 heteroatoms. The lowest BCUT2D eigenvalue weighted by Crippen LogP contribution is -2.42. The number of hydrogen-bond acceptors (Lipinski definition) is 5. The molecule has 2 aliphatic rings. The molecular formula is C26H20N4O3S. The van der Waals surface area contributed by atoms with Crippen molar-refractivity contribution in [2.24, 2.45) is 0 Å². The van der Waals surface area contributed by atoms with E-state index in [0.717, 1.165) is 36.8 Å². The highest BCUT2D eigenvalue weighted by Gasteiger charge is 2.55. The second-order valence-electron chi connectivity index (χ2n) is 8.50. The molecule has 34 heavy (non-hydrogen) atoms. The van der Waals surface area contributed by atoms with Gasteiger partial charge in [0.25, 0.3) is 5.91 Å². The maximum absolute atomic E-state index is 13.2. The van der Waals surface area contributed by atoms with Crippen LogP contribution in [0.4, 0.5) is 10.5 Å². The van der Waals surface area contributed by atoms with E-state index >= 15 is 0 Å². The highest BCUT2D eigenvalue weighted by Crippen LogP contribution is 2.41. The summed E-state index contributed by atoms with van der Waals surface area (Å²) in [4.78, 5) is 44.2. The number of imide groups is 1. The van der Waals surface area contributed by atoms with Crippen molar-refractivity contribution in [3.05, 3.63) is 83.9 Å². The van der Waals surface area contributed by atoms with Crippen LogP contribution in [0.5, 0.6) is 0 Å². The lowest BCUT2D eigenvalue weighted by molar-refractivity contribution is -0.134. The zero-order valence-electron chi connectivity index (χ0n) is 18.1. The van der Waals surface area contributed by atoms with E-state index in [2.05, 4.69) is 15.6 Å². The molecule has 0 saturated carbocycles. The van der Waals surface area contributed by atoms with E-state index < -0.39 is 17.5 Å². The second-order valence-corrected chi connectivity index (χ2v) is 9.53. The van der Waals surface area contributed by atoms with Crippen molar-refractivity contribution in [3.63, 3.8) is 0 Å². The van der Waals surface area contributed by atoms with Gasteiger partial charge in [0.1, 0.15) is 17.1 Å². The first-order chi connectivity index (χ1) is 16.5. The van der Waals surface area contributed by atoms with Crippen molar-refractivity contribution in [1.29, 1.82) is 0 Å². The van der Waals surface area contributed by atoms with Crippen LogP contribution < -0.4 is 10.6 Å². The molecule has 2 heterocycles. The number of aromatic nitrogens is 1. The van der Waals surface area contributed by atoms with Crippen molar-refractivity contribution in [3.8, 4) is 10.6 Å². The largest absolute Gasteiger partial charge is 0.325 e. The van der Waals surface area contributed by atoms with Gasteiger partial charge in [-0.3, -0.25) is 14.5 Å². The van der Waals surface area contributed by atoms with E-state index in [1.54, 1.807) is 23.5 Å². The summed E-state index contributed by atoms with van der Waals surface area (Å²) in [6, 6.07) is 22.4. The molecule has 3 aromatic carbocycles. The SMILES string of the molecule is O=C(CN1C(=O)NC2(CCc3ccccc32)C1=O)Nc1ccc(-c2nc3ccccc3s2)cc1. The number of rotatable bonds is 4. The minimum absolute atomic E-state index is 0.339. The highest BCUT2D eigenvalue weighted by molar-refractivity contribution is 7.21. The van der Waals surface area contributed by atoms with Gasteiger partial charge in [0.2, 0.25) is 5.91 Å². The van der Waals surface area contributed by atoms with Gasteiger partial charge in [-0.05, 0) is 60.4 Å². The van der Waals surface area contributed by atoms with Crippen LogP contribution in [-0.2, 0) is 21.5 Å². The Hall–Kier alpha value is -4.04. The lowest BCUT2D eigenvalue weighted by atomic mass is 9.92. The Bertz CT molecular complexity index is 1430. The predicted molar refractivity (Wildman–Crippen MR) is 130 cm³/mol. The first-order valence-electron chi connectivity index (χ1n) is 11.0. The van der Waals surface area contributed by atoms with Gasteiger partial charge in [-0.1, -0.05) is 36.4 Å². The fraction of sp³-hybridized carbons (Fsp3) is 0.154. The number of para-hydroxylation sites is 1. The Morgan fingerprint density at radius 1 is 1.03 bits per heavy atom. The third-order valence-corrected chi connectivity index (χ3v) is 7.52. The third kappa shape index (κ3) is 3.26. The highest BCUT2D eigenvalue weighted by atomic mass is 32.1. The maximum atomic E-state index is 13.2. The van der Waals surface area contributed by atoms with Crippen LogP contribution in [0.1, 0.15) is 17.5 Å². The smallest absolute Gasteiger partial charge is 0.325 e. The molecule has 0 bridgehead atoms. The first-order valence-corrected chi connectivity index (χ1v) is 11.8. The predicted octanol–water partition coefficient (Wildman–Crippen LogP) is 4.30. The minimum Gasteiger partial charge on any atom is -0.325 e. The number of aryl methyl sites for hydroxylation is 1. The Balaban J connectivity index is 1.15. The Kier molecular flexibility index (Phi) is 4.70. The Morgan fingerprint density at radius 3 is 2.62 bits per heavy atom. The zero-order chi connectivity index (χ0) is 23.3. The molecule has 168 valence electrons. The number of hydrogen-bond donors (Lipinski definition) is 2. The van der Waals surface area contributed by atoms with Gasteiger partial charge in [-0.2, -0.15) is 0 Å². The standard InChI is InChI=1S/C26H20N4O3S/c31-22(15-30-24(32)26(29-25(30)33)14-13-16-5-1-2-6-19(16)26)27-18-11-9-17(10-12-18)23-28-20-7-3-4-8-21(20)34-23/h1-12H,13-15H2,(H,27,31)(H,29,33). The summed E-state index contributed by atoms with van der Waals surface area (Å²) in [5.74, 6) is -0.802. The van der Waals surface area contributed by atoms with E-state index in [1.165, 1.54) is 0 Å². The maximum Gasteiger partial charge on any atom is 0.325 e. The number of anilines is 1. The summed E-state index contributed by atoms with van der Waals surface area (Å²) in [6.07, 6.45) is 1.21. The van der Waals surface area contributed by atoms with E-state index in [4.69, 9.17) is 0 Å². The zero-order valence-corrected chi connectivity index (χ0v) is 18.9. The summed E-state index contributed by atoms with van der Waals surface area (Å²) in [5.41, 5.74) is 3.30. The van der Waals surface area contributed by atoms with Gasteiger partial charge in [0, 0.05) is 11.3 Å².